The Morgan fingerprint density at radius 3 is 2.75 bits per heavy atom. The molecule has 0 aromatic carbocycles. The zero-order valence-corrected chi connectivity index (χ0v) is 9.60. The lowest BCUT2D eigenvalue weighted by Crippen LogP contribution is -1.95. The van der Waals surface area contributed by atoms with Gasteiger partial charge in [-0.05, 0) is 37.6 Å². The predicted molar refractivity (Wildman–Crippen MR) is 67.0 cm³/mol. The van der Waals surface area contributed by atoms with E-state index in [0.29, 0.717) is 11.6 Å². The van der Waals surface area contributed by atoms with Gasteiger partial charge in [0.25, 0.3) is 0 Å². The molecule has 16 heavy (non-hydrogen) atoms. The molecule has 0 aliphatic heterocycles. The number of pyridine rings is 1. The number of nitrogens with two attached hydrogens (primary N) is 1. The molecule has 0 saturated carbocycles. The maximum atomic E-state index is 5.56. The van der Waals surface area contributed by atoms with Crippen LogP contribution in [0.1, 0.15) is 13.8 Å². The Morgan fingerprint density at radius 2 is 2.25 bits per heavy atom. The van der Waals surface area contributed by atoms with Crippen LogP contribution in [-0.2, 0) is 0 Å². The van der Waals surface area contributed by atoms with Crippen LogP contribution in [0.4, 0.5) is 5.69 Å². The molecule has 0 atom stereocenters. The quantitative estimate of drug-likeness (QED) is 0.621. The second-order valence-electron chi connectivity index (χ2n) is 3.32. The van der Waals surface area contributed by atoms with Crippen molar-refractivity contribution in [2.45, 2.75) is 13.8 Å². The van der Waals surface area contributed by atoms with Crippen molar-refractivity contribution in [3.8, 4) is 5.88 Å². The number of ether oxygens (including phenoxy) is 1. The van der Waals surface area contributed by atoms with E-state index < -0.39 is 0 Å². The number of rotatable bonds is 4. The first-order valence-corrected chi connectivity index (χ1v) is 5.02. The summed E-state index contributed by atoms with van der Waals surface area (Å²) in [4.78, 5) is 4.06. The maximum absolute atomic E-state index is 5.56. The summed E-state index contributed by atoms with van der Waals surface area (Å²) in [6.07, 6.45) is 7.09. The third kappa shape index (κ3) is 3.61. The van der Waals surface area contributed by atoms with Crippen LogP contribution < -0.4 is 10.5 Å². The highest BCUT2D eigenvalue weighted by atomic mass is 16.5. The molecule has 1 aromatic rings. The first kappa shape index (κ1) is 12.0. The highest BCUT2D eigenvalue weighted by Gasteiger charge is 1.98. The van der Waals surface area contributed by atoms with Gasteiger partial charge in [0.1, 0.15) is 5.76 Å². The summed E-state index contributed by atoms with van der Waals surface area (Å²) in [6, 6.07) is 3.48. The monoisotopic (exact) mass is 216 g/mol. The lowest BCUT2D eigenvalue weighted by atomic mass is 10.2. The minimum atomic E-state index is 0.524. The van der Waals surface area contributed by atoms with Crippen LogP contribution in [0.3, 0.4) is 0 Å². The molecule has 3 heteroatoms. The van der Waals surface area contributed by atoms with E-state index in [4.69, 9.17) is 10.5 Å². The summed E-state index contributed by atoms with van der Waals surface area (Å²) in [6.45, 7) is 7.54. The molecule has 3 nitrogen and oxygen atoms in total. The Labute approximate surface area is 96.0 Å². The fraction of sp³-hybridized carbons (Fsp3) is 0.154. The van der Waals surface area contributed by atoms with Gasteiger partial charge in [-0.2, -0.15) is 0 Å². The molecule has 0 radical (unpaired) electrons. The van der Waals surface area contributed by atoms with Crippen LogP contribution in [0.2, 0.25) is 0 Å². The molecule has 1 heterocycles. The van der Waals surface area contributed by atoms with Crippen LogP contribution in [0, 0.1) is 0 Å². The summed E-state index contributed by atoms with van der Waals surface area (Å²) in [5, 5.41) is 0. The van der Waals surface area contributed by atoms with Crippen molar-refractivity contribution in [3.05, 3.63) is 54.5 Å². The Balaban J connectivity index is 2.79. The van der Waals surface area contributed by atoms with E-state index in [1.165, 1.54) is 0 Å². The Kier molecular flexibility index (Phi) is 4.33. The van der Waals surface area contributed by atoms with Gasteiger partial charge in [0.15, 0.2) is 0 Å². The number of hydrogen-bond donors (Lipinski definition) is 1. The van der Waals surface area contributed by atoms with Gasteiger partial charge >= 0.3 is 0 Å². The van der Waals surface area contributed by atoms with Gasteiger partial charge in [-0.15, -0.1) is 0 Å². The molecule has 0 unspecified atom stereocenters. The first-order chi connectivity index (χ1) is 7.65. The summed E-state index contributed by atoms with van der Waals surface area (Å²) < 4.78 is 5.56. The number of allylic oxidation sites excluding steroid dienone is 4. The van der Waals surface area contributed by atoms with Gasteiger partial charge in [0.2, 0.25) is 5.88 Å². The molecular formula is C13H16N2O. The van der Waals surface area contributed by atoms with Gasteiger partial charge in [-0.1, -0.05) is 12.7 Å². The van der Waals surface area contributed by atoms with Crippen molar-refractivity contribution in [2.24, 2.45) is 0 Å². The van der Waals surface area contributed by atoms with E-state index >= 15 is 0 Å². The summed E-state index contributed by atoms with van der Waals surface area (Å²) in [5.74, 6) is 1.25. The second kappa shape index (κ2) is 5.75. The molecule has 0 fully saturated rings. The van der Waals surface area contributed by atoms with Crippen LogP contribution in [-0.4, -0.2) is 4.98 Å². The zero-order valence-electron chi connectivity index (χ0n) is 9.60. The van der Waals surface area contributed by atoms with E-state index in [1.54, 1.807) is 24.4 Å². The molecule has 2 N–H and O–H groups in total. The van der Waals surface area contributed by atoms with Crippen molar-refractivity contribution in [1.82, 2.24) is 4.98 Å². The number of anilines is 1. The molecule has 0 aliphatic rings. The minimum Gasteiger partial charge on any atom is -0.439 e. The lowest BCUT2D eigenvalue weighted by molar-refractivity contribution is 0.425. The van der Waals surface area contributed by atoms with Gasteiger partial charge in [-0.25, -0.2) is 4.98 Å². The maximum Gasteiger partial charge on any atom is 0.219 e. The molecule has 0 bridgehead atoms. The fourth-order valence-electron chi connectivity index (χ4n) is 1.03. The number of aromatic nitrogens is 1. The summed E-state index contributed by atoms with van der Waals surface area (Å²) in [5.41, 5.74) is 7.18. The molecule has 0 spiro atoms. The summed E-state index contributed by atoms with van der Waals surface area (Å²) >= 11 is 0. The molecule has 0 amide bonds. The van der Waals surface area contributed by atoms with Crippen molar-refractivity contribution < 1.29 is 4.74 Å². The molecule has 84 valence electrons. The van der Waals surface area contributed by atoms with Crippen molar-refractivity contribution >= 4 is 5.69 Å². The van der Waals surface area contributed by atoms with E-state index in [2.05, 4.69) is 11.6 Å². The van der Waals surface area contributed by atoms with E-state index in [-0.39, 0.29) is 0 Å². The van der Waals surface area contributed by atoms with Crippen LogP contribution in [0.15, 0.2) is 54.5 Å². The largest absolute Gasteiger partial charge is 0.439 e. The van der Waals surface area contributed by atoms with E-state index in [9.17, 15) is 0 Å². The fourth-order valence-corrected chi connectivity index (χ4v) is 1.03. The minimum absolute atomic E-state index is 0.524. The Hall–Kier alpha value is -2.03. The molecule has 1 aromatic heterocycles. The molecular weight excluding hydrogens is 200 g/mol. The third-order valence-electron chi connectivity index (χ3n) is 1.96. The normalized spacial score (nSPS) is 12.4. The first-order valence-electron chi connectivity index (χ1n) is 5.02. The number of hydrogen-bond acceptors (Lipinski definition) is 3. The van der Waals surface area contributed by atoms with Crippen LogP contribution in [0.5, 0.6) is 5.88 Å². The Bertz CT molecular complexity index is 416. The number of nitrogen functional groups attached to an aromatic ring is 1. The SMILES string of the molecule is C=C/C(C)=C\C(=C/C)Oc1ccc(N)cn1. The average molecular weight is 216 g/mol. The van der Waals surface area contributed by atoms with Crippen LogP contribution in [0.25, 0.3) is 0 Å². The third-order valence-corrected chi connectivity index (χ3v) is 1.96. The van der Waals surface area contributed by atoms with Crippen molar-refractivity contribution in [1.29, 1.82) is 0 Å². The number of nitrogens with zero attached hydrogens (tertiary/aromatic N) is 1. The van der Waals surface area contributed by atoms with Gasteiger partial charge in [0.05, 0.1) is 11.9 Å². The average Bonchev–Trinajstić information content (AvgIpc) is 2.30. The standard InChI is InChI=1S/C13H16N2O/c1-4-10(3)8-12(5-2)16-13-7-6-11(14)9-15-13/h4-9H,1,14H2,2-3H3/b10-8-,12-5+. The van der Waals surface area contributed by atoms with Crippen molar-refractivity contribution in [3.63, 3.8) is 0 Å². The van der Waals surface area contributed by atoms with Crippen LogP contribution >= 0.6 is 0 Å². The molecule has 1 rings (SSSR count). The topological polar surface area (TPSA) is 48.1 Å². The molecule has 0 saturated heterocycles. The van der Waals surface area contributed by atoms with E-state index in [1.807, 2.05) is 26.0 Å². The highest BCUT2D eigenvalue weighted by molar-refractivity contribution is 5.37. The zero-order chi connectivity index (χ0) is 12.0. The molecule has 0 aliphatic carbocycles. The van der Waals surface area contributed by atoms with E-state index in [0.717, 1.165) is 11.3 Å². The Morgan fingerprint density at radius 1 is 1.50 bits per heavy atom. The van der Waals surface area contributed by atoms with Gasteiger partial charge < -0.3 is 10.5 Å². The lowest BCUT2D eigenvalue weighted by Gasteiger charge is -2.05. The highest BCUT2D eigenvalue weighted by Crippen LogP contribution is 2.13. The van der Waals surface area contributed by atoms with Gasteiger partial charge in [0, 0.05) is 6.07 Å². The summed E-state index contributed by atoms with van der Waals surface area (Å²) in [7, 11) is 0. The van der Waals surface area contributed by atoms with Crippen molar-refractivity contribution in [2.75, 3.05) is 5.73 Å². The smallest absolute Gasteiger partial charge is 0.219 e. The van der Waals surface area contributed by atoms with Gasteiger partial charge in [-0.3, -0.25) is 0 Å². The predicted octanol–water partition coefficient (Wildman–Crippen LogP) is 3.08. The second-order valence-corrected chi connectivity index (χ2v) is 3.32.